The fraction of sp³-hybridized carbons (Fsp3) is 1.00. The standard InChI is InChI=1S/C17H33NO/c1-5-13-8-6-9-14(12-13)19-15-10-7-11-17(2,3)16(15)18-4/h13-16,18H,5-12H2,1-4H3. The zero-order chi connectivity index (χ0) is 13.9. The number of rotatable bonds is 4. The fourth-order valence-electron chi connectivity index (χ4n) is 4.29. The highest BCUT2D eigenvalue weighted by Gasteiger charge is 2.40. The van der Waals surface area contributed by atoms with Gasteiger partial charge in [-0.2, -0.15) is 0 Å². The second-order valence-electron chi connectivity index (χ2n) is 7.38. The zero-order valence-electron chi connectivity index (χ0n) is 13.4. The van der Waals surface area contributed by atoms with E-state index in [0.717, 1.165) is 5.92 Å². The van der Waals surface area contributed by atoms with Crippen LogP contribution in [0.25, 0.3) is 0 Å². The Hall–Kier alpha value is -0.0800. The van der Waals surface area contributed by atoms with Gasteiger partial charge < -0.3 is 10.1 Å². The summed E-state index contributed by atoms with van der Waals surface area (Å²) in [6, 6.07) is 0.517. The molecule has 0 bridgehead atoms. The van der Waals surface area contributed by atoms with Gasteiger partial charge in [0.2, 0.25) is 0 Å². The fourth-order valence-corrected chi connectivity index (χ4v) is 4.29. The average Bonchev–Trinajstić information content (AvgIpc) is 2.38. The maximum Gasteiger partial charge on any atom is 0.0736 e. The van der Waals surface area contributed by atoms with Gasteiger partial charge in [0.15, 0.2) is 0 Å². The highest BCUT2D eigenvalue weighted by Crippen LogP contribution is 2.39. The monoisotopic (exact) mass is 267 g/mol. The van der Waals surface area contributed by atoms with Crippen LogP contribution in [0.1, 0.15) is 72.1 Å². The molecule has 0 aromatic rings. The molecule has 2 saturated carbocycles. The molecule has 19 heavy (non-hydrogen) atoms. The van der Waals surface area contributed by atoms with Gasteiger partial charge in [0.05, 0.1) is 12.2 Å². The molecule has 2 rings (SSSR count). The van der Waals surface area contributed by atoms with Crippen LogP contribution in [0.4, 0.5) is 0 Å². The molecule has 0 saturated heterocycles. The molecule has 0 amide bonds. The molecule has 4 unspecified atom stereocenters. The first kappa shape index (κ1) is 15.3. The Morgan fingerprint density at radius 3 is 2.63 bits per heavy atom. The lowest BCUT2D eigenvalue weighted by atomic mass is 9.71. The van der Waals surface area contributed by atoms with Crippen molar-refractivity contribution in [3.8, 4) is 0 Å². The lowest BCUT2D eigenvalue weighted by Crippen LogP contribution is -2.53. The van der Waals surface area contributed by atoms with Crippen LogP contribution in [0.5, 0.6) is 0 Å². The summed E-state index contributed by atoms with van der Waals surface area (Å²) < 4.78 is 6.54. The quantitative estimate of drug-likeness (QED) is 0.826. The Morgan fingerprint density at radius 2 is 1.95 bits per heavy atom. The zero-order valence-corrected chi connectivity index (χ0v) is 13.4. The van der Waals surface area contributed by atoms with E-state index in [4.69, 9.17) is 4.74 Å². The van der Waals surface area contributed by atoms with E-state index in [1.807, 2.05) is 0 Å². The Kier molecular flexibility index (Phi) is 5.30. The highest BCUT2D eigenvalue weighted by atomic mass is 16.5. The Labute approximate surface area is 119 Å². The summed E-state index contributed by atoms with van der Waals surface area (Å²) in [7, 11) is 2.10. The summed E-state index contributed by atoms with van der Waals surface area (Å²) in [5.41, 5.74) is 0.372. The van der Waals surface area contributed by atoms with Gasteiger partial charge in [-0.1, -0.05) is 46.5 Å². The maximum absolute atomic E-state index is 6.54. The van der Waals surface area contributed by atoms with Gasteiger partial charge in [-0.3, -0.25) is 0 Å². The van der Waals surface area contributed by atoms with E-state index in [2.05, 4.69) is 33.1 Å². The van der Waals surface area contributed by atoms with Gasteiger partial charge in [0.25, 0.3) is 0 Å². The van der Waals surface area contributed by atoms with Gasteiger partial charge in [-0.15, -0.1) is 0 Å². The number of hydrogen-bond acceptors (Lipinski definition) is 2. The minimum Gasteiger partial charge on any atom is -0.373 e. The lowest BCUT2D eigenvalue weighted by Gasteiger charge is -2.45. The van der Waals surface area contributed by atoms with E-state index >= 15 is 0 Å². The maximum atomic E-state index is 6.54. The largest absolute Gasteiger partial charge is 0.373 e. The number of hydrogen-bond donors (Lipinski definition) is 1. The molecule has 0 spiro atoms. The van der Waals surface area contributed by atoms with Crippen LogP contribution in [0, 0.1) is 11.3 Å². The molecule has 1 N–H and O–H groups in total. The summed E-state index contributed by atoms with van der Waals surface area (Å²) >= 11 is 0. The Morgan fingerprint density at radius 1 is 1.16 bits per heavy atom. The molecule has 0 aromatic heterocycles. The van der Waals surface area contributed by atoms with E-state index in [-0.39, 0.29) is 0 Å². The van der Waals surface area contributed by atoms with Crippen LogP contribution in [0.2, 0.25) is 0 Å². The summed E-state index contributed by atoms with van der Waals surface area (Å²) in [5.74, 6) is 0.906. The minimum absolute atomic E-state index is 0.372. The molecule has 2 fully saturated rings. The van der Waals surface area contributed by atoms with Crippen molar-refractivity contribution in [1.82, 2.24) is 5.32 Å². The van der Waals surface area contributed by atoms with Gasteiger partial charge in [0, 0.05) is 6.04 Å². The third kappa shape index (κ3) is 3.72. The lowest BCUT2D eigenvalue weighted by molar-refractivity contribution is -0.0916. The average molecular weight is 267 g/mol. The molecule has 0 heterocycles. The van der Waals surface area contributed by atoms with Crippen molar-refractivity contribution in [2.45, 2.75) is 90.4 Å². The predicted molar refractivity (Wildman–Crippen MR) is 81.4 cm³/mol. The third-order valence-corrected chi connectivity index (χ3v) is 5.51. The first-order valence-electron chi connectivity index (χ1n) is 8.39. The second kappa shape index (κ2) is 6.58. The number of ether oxygens (including phenoxy) is 1. The van der Waals surface area contributed by atoms with E-state index in [0.29, 0.717) is 23.7 Å². The van der Waals surface area contributed by atoms with Crippen molar-refractivity contribution >= 4 is 0 Å². The topological polar surface area (TPSA) is 21.3 Å². The van der Waals surface area contributed by atoms with Gasteiger partial charge >= 0.3 is 0 Å². The molecule has 0 aromatic carbocycles. The number of nitrogens with one attached hydrogen (secondary N) is 1. The minimum atomic E-state index is 0.372. The smallest absolute Gasteiger partial charge is 0.0736 e. The molecule has 0 radical (unpaired) electrons. The van der Waals surface area contributed by atoms with Crippen molar-refractivity contribution in [3.63, 3.8) is 0 Å². The summed E-state index contributed by atoms with van der Waals surface area (Å²) in [4.78, 5) is 0. The highest BCUT2D eigenvalue weighted by molar-refractivity contribution is 4.94. The first-order chi connectivity index (χ1) is 9.06. The predicted octanol–water partition coefficient (Wildman–Crippen LogP) is 4.14. The molecular weight excluding hydrogens is 234 g/mol. The van der Waals surface area contributed by atoms with Crippen molar-refractivity contribution in [3.05, 3.63) is 0 Å². The van der Waals surface area contributed by atoms with Crippen molar-refractivity contribution in [2.24, 2.45) is 11.3 Å². The summed E-state index contributed by atoms with van der Waals surface area (Å²) in [6.45, 7) is 7.10. The first-order valence-corrected chi connectivity index (χ1v) is 8.39. The van der Waals surface area contributed by atoms with Crippen molar-refractivity contribution in [1.29, 1.82) is 0 Å². The van der Waals surface area contributed by atoms with Crippen LogP contribution in [0.15, 0.2) is 0 Å². The third-order valence-electron chi connectivity index (χ3n) is 5.51. The van der Waals surface area contributed by atoms with E-state index in [1.54, 1.807) is 0 Å². The number of likely N-dealkylation sites (N-methyl/N-ethyl adjacent to an activating group) is 1. The summed E-state index contributed by atoms with van der Waals surface area (Å²) in [6.07, 6.45) is 11.5. The van der Waals surface area contributed by atoms with Gasteiger partial charge in [-0.25, -0.2) is 0 Å². The van der Waals surface area contributed by atoms with Crippen molar-refractivity contribution in [2.75, 3.05) is 7.05 Å². The molecule has 2 aliphatic carbocycles. The molecule has 2 nitrogen and oxygen atoms in total. The normalized spacial score (nSPS) is 39.2. The Bertz CT molecular complexity index is 276. The van der Waals surface area contributed by atoms with Gasteiger partial charge in [-0.05, 0) is 44.1 Å². The van der Waals surface area contributed by atoms with Gasteiger partial charge in [0.1, 0.15) is 0 Å². The van der Waals surface area contributed by atoms with Crippen molar-refractivity contribution < 1.29 is 4.74 Å². The molecule has 4 atom stereocenters. The van der Waals surface area contributed by atoms with Crippen LogP contribution < -0.4 is 5.32 Å². The SMILES string of the molecule is CCC1CCCC(OC2CCCC(C)(C)C2NC)C1. The van der Waals surface area contributed by atoms with E-state index < -0.39 is 0 Å². The molecule has 0 aliphatic heterocycles. The van der Waals surface area contributed by atoms with Crippen LogP contribution in [-0.2, 0) is 4.74 Å². The Balaban J connectivity index is 1.93. The van der Waals surface area contributed by atoms with Crippen LogP contribution >= 0.6 is 0 Å². The van der Waals surface area contributed by atoms with Crippen LogP contribution in [0.3, 0.4) is 0 Å². The van der Waals surface area contributed by atoms with E-state index in [9.17, 15) is 0 Å². The molecule has 2 aliphatic rings. The molecule has 112 valence electrons. The summed E-state index contributed by atoms with van der Waals surface area (Å²) in [5, 5.41) is 3.53. The molecule has 2 heteroatoms. The van der Waals surface area contributed by atoms with E-state index in [1.165, 1.54) is 51.4 Å². The molecular formula is C17H33NO. The second-order valence-corrected chi connectivity index (χ2v) is 7.38. The van der Waals surface area contributed by atoms with Crippen LogP contribution in [-0.4, -0.2) is 25.3 Å².